The molecular weight excluding hydrogens is 296 g/mol. The normalized spacial score (nSPS) is 11.4. The molecule has 2 aromatic rings. The van der Waals surface area contributed by atoms with E-state index in [0.717, 1.165) is 11.1 Å². The molecule has 4 heteroatoms. The molecule has 22 heavy (non-hydrogen) atoms. The standard InChI is InChI=1S/C18H22N2O.ClH/c1-2-20(14-16-11-7-4-8-12-16)18(21)17(19)13-15-9-5-3-6-10-15;/h3-12,17H,2,13-14,19H2,1H3;1H/t17-;/m0./s1. The number of likely N-dealkylation sites (N-methyl/N-ethyl adjacent to an activating group) is 1. The fourth-order valence-electron chi connectivity index (χ4n) is 2.34. The second-order valence-electron chi connectivity index (χ2n) is 5.13. The molecular formula is C18H23ClN2O. The highest BCUT2D eigenvalue weighted by Gasteiger charge is 2.20. The molecule has 0 fully saturated rings. The number of amides is 1. The van der Waals surface area contributed by atoms with E-state index in [4.69, 9.17) is 5.73 Å². The van der Waals surface area contributed by atoms with Gasteiger partial charge in [0.05, 0.1) is 6.04 Å². The van der Waals surface area contributed by atoms with Gasteiger partial charge in [0.25, 0.3) is 0 Å². The maximum atomic E-state index is 12.5. The van der Waals surface area contributed by atoms with Gasteiger partial charge in [-0.15, -0.1) is 12.4 Å². The number of hydrogen-bond donors (Lipinski definition) is 1. The van der Waals surface area contributed by atoms with E-state index in [1.54, 1.807) is 0 Å². The summed E-state index contributed by atoms with van der Waals surface area (Å²) in [6, 6.07) is 19.4. The Bertz CT molecular complexity index is 560. The van der Waals surface area contributed by atoms with Crippen LogP contribution >= 0.6 is 12.4 Å². The fraction of sp³-hybridized carbons (Fsp3) is 0.278. The first-order valence-corrected chi connectivity index (χ1v) is 7.33. The third kappa shape index (κ3) is 5.17. The van der Waals surface area contributed by atoms with E-state index >= 15 is 0 Å². The summed E-state index contributed by atoms with van der Waals surface area (Å²) >= 11 is 0. The van der Waals surface area contributed by atoms with Crippen molar-refractivity contribution in [2.45, 2.75) is 25.9 Å². The lowest BCUT2D eigenvalue weighted by atomic mass is 10.1. The van der Waals surface area contributed by atoms with E-state index in [9.17, 15) is 4.79 Å². The summed E-state index contributed by atoms with van der Waals surface area (Å²) < 4.78 is 0. The van der Waals surface area contributed by atoms with Crippen molar-refractivity contribution in [1.82, 2.24) is 4.90 Å². The van der Waals surface area contributed by atoms with Gasteiger partial charge in [-0.25, -0.2) is 0 Å². The lowest BCUT2D eigenvalue weighted by Gasteiger charge is -2.24. The van der Waals surface area contributed by atoms with E-state index in [2.05, 4.69) is 0 Å². The molecule has 0 aliphatic heterocycles. The van der Waals surface area contributed by atoms with Gasteiger partial charge in [-0.3, -0.25) is 4.79 Å². The van der Waals surface area contributed by atoms with Crippen LogP contribution in [-0.2, 0) is 17.8 Å². The lowest BCUT2D eigenvalue weighted by molar-refractivity contribution is -0.133. The Hall–Kier alpha value is -1.84. The summed E-state index contributed by atoms with van der Waals surface area (Å²) in [6.07, 6.45) is 0.574. The molecule has 0 spiro atoms. The van der Waals surface area contributed by atoms with Gasteiger partial charge in [-0.05, 0) is 24.5 Å². The first kappa shape index (κ1) is 18.2. The van der Waals surface area contributed by atoms with E-state index in [-0.39, 0.29) is 18.3 Å². The molecule has 2 rings (SSSR count). The predicted molar refractivity (Wildman–Crippen MR) is 92.9 cm³/mol. The first-order chi connectivity index (χ1) is 10.2. The molecule has 3 nitrogen and oxygen atoms in total. The molecule has 0 aliphatic carbocycles. The molecule has 0 heterocycles. The van der Waals surface area contributed by atoms with Crippen LogP contribution < -0.4 is 5.73 Å². The van der Waals surface area contributed by atoms with Crippen molar-refractivity contribution >= 4 is 18.3 Å². The van der Waals surface area contributed by atoms with E-state index in [1.807, 2.05) is 72.5 Å². The zero-order chi connectivity index (χ0) is 15.1. The second-order valence-corrected chi connectivity index (χ2v) is 5.13. The fourth-order valence-corrected chi connectivity index (χ4v) is 2.34. The number of nitrogens with zero attached hydrogens (tertiary/aromatic N) is 1. The molecule has 2 N–H and O–H groups in total. The van der Waals surface area contributed by atoms with Crippen LogP contribution in [0.3, 0.4) is 0 Å². The zero-order valence-corrected chi connectivity index (χ0v) is 13.6. The van der Waals surface area contributed by atoms with Crippen LogP contribution in [0.15, 0.2) is 60.7 Å². The molecule has 0 bridgehead atoms. The first-order valence-electron chi connectivity index (χ1n) is 7.33. The highest BCUT2D eigenvalue weighted by molar-refractivity contribution is 5.85. The Morgan fingerprint density at radius 2 is 1.50 bits per heavy atom. The molecule has 0 radical (unpaired) electrons. The maximum absolute atomic E-state index is 12.5. The average molecular weight is 319 g/mol. The van der Waals surface area contributed by atoms with E-state index in [1.165, 1.54) is 0 Å². The number of carbonyl (C=O) groups is 1. The number of hydrogen-bond acceptors (Lipinski definition) is 2. The Morgan fingerprint density at radius 3 is 2.00 bits per heavy atom. The Kier molecular flexibility index (Phi) is 7.64. The van der Waals surface area contributed by atoms with Crippen molar-refractivity contribution in [2.75, 3.05) is 6.54 Å². The molecule has 118 valence electrons. The van der Waals surface area contributed by atoms with Crippen molar-refractivity contribution in [3.05, 3.63) is 71.8 Å². The van der Waals surface area contributed by atoms with Gasteiger partial charge < -0.3 is 10.6 Å². The Balaban J connectivity index is 0.00000242. The minimum absolute atomic E-state index is 0. The maximum Gasteiger partial charge on any atom is 0.240 e. The minimum Gasteiger partial charge on any atom is -0.337 e. The topological polar surface area (TPSA) is 46.3 Å². The molecule has 2 aromatic carbocycles. The van der Waals surface area contributed by atoms with Crippen molar-refractivity contribution in [2.24, 2.45) is 5.73 Å². The quantitative estimate of drug-likeness (QED) is 0.890. The van der Waals surface area contributed by atoms with Crippen molar-refractivity contribution in [1.29, 1.82) is 0 Å². The Morgan fingerprint density at radius 1 is 1.00 bits per heavy atom. The molecule has 1 atom stereocenters. The highest BCUT2D eigenvalue weighted by atomic mass is 35.5. The molecule has 0 saturated carbocycles. The lowest BCUT2D eigenvalue weighted by Crippen LogP contribution is -2.44. The summed E-state index contributed by atoms with van der Waals surface area (Å²) in [7, 11) is 0. The van der Waals surface area contributed by atoms with Crippen LogP contribution in [0, 0.1) is 0 Å². The van der Waals surface area contributed by atoms with Crippen LogP contribution in [0.4, 0.5) is 0 Å². The van der Waals surface area contributed by atoms with Crippen LogP contribution in [-0.4, -0.2) is 23.4 Å². The van der Waals surface area contributed by atoms with Gasteiger partial charge in [0.1, 0.15) is 0 Å². The SMILES string of the molecule is CCN(Cc1ccccc1)C(=O)[C@@H](N)Cc1ccccc1.Cl. The van der Waals surface area contributed by atoms with Gasteiger partial charge >= 0.3 is 0 Å². The van der Waals surface area contributed by atoms with Gasteiger partial charge in [0.15, 0.2) is 0 Å². The van der Waals surface area contributed by atoms with Gasteiger partial charge in [-0.2, -0.15) is 0 Å². The highest BCUT2D eigenvalue weighted by Crippen LogP contribution is 2.08. The molecule has 0 saturated heterocycles. The number of rotatable bonds is 6. The zero-order valence-electron chi connectivity index (χ0n) is 12.8. The smallest absolute Gasteiger partial charge is 0.240 e. The van der Waals surface area contributed by atoms with Crippen molar-refractivity contribution in [3.8, 4) is 0 Å². The van der Waals surface area contributed by atoms with E-state index < -0.39 is 6.04 Å². The van der Waals surface area contributed by atoms with Gasteiger partial charge in [0.2, 0.25) is 5.91 Å². The third-order valence-electron chi connectivity index (χ3n) is 3.53. The van der Waals surface area contributed by atoms with Crippen LogP contribution in [0.5, 0.6) is 0 Å². The van der Waals surface area contributed by atoms with Crippen LogP contribution in [0.25, 0.3) is 0 Å². The number of benzene rings is 2. The predicted octanol–water partition coefficient (Wildman–Crippen LogP) is 3.03. The largest absolute Gasteiger partial charge is 0.337 e. The number of carbonyl (C=O) groups excluding carboxylic acids is 1. The number of halogens is 1. The van der Waals surface area contributed by atoms with Crippen molar-refractivity contribution < 1.29 is 4.79 Å². The Labute approximate surface area is 138 Å². The molecule has 0 unspecified atom stereocenters. The third-order valence-corrected chi connectivity index (χ3v) is 3.53. The summed E-state index contributed by atoms with van der Waals surface area (Å²) in [4.78, 5) is 14.3. The minimum atomic E-state index is -0.490. The van der Waals surface area contributed by atoms with Gasteiger partial charge in [-0.1, -0.05) is 60.7 Å². The number of nitrogens with two attached hydrogens (primary N) is 1. The molecule has 0 aliphatic rings. The van der Waals surface area contributed by atoms with Gasteiger partial charge in [0, 0.05) is 13.1 Å². The summed E-state index contributed by atoms with van der Waals surface area (Å²) in [6.45, 7) is 3.25. The van der Waals surface area contributed by atoms with Crippen molar-refractivity contribution in [3.63, 3.8) is 0 Å². The molecule has 0 aromatic heterocycles. The summed E-state index contributed by atoms with van der Waals surface area (Å²) in [5.41, 5.74) is 8.30. The van der Waals surface area contributed by atoms with E-state index in [0.29, 0.717) is 19.5 Å². The van der Waals surface area contributed by atoms with Crippen LogP contribution in [0.1, 0.15) is 18.1 Å². The summed E-state index contributed by atoms with van der Waals surface area (Å²) in [5, 5.41) is 0. The second kappa shape index (κ2) is 9.23. The monoisotopic (exact) mass is 318 g/mol. The molecule has 1 amide bonds. The average Bonchev–Trinajstić information content (AvgIpc) is 2.54. The summed E-state index contributed by atoms with van der Waals surface area (Å²) in [5.74, 6) is 0.00482. The van der Waals surface area contributed by atoms with Crippen LogP contribution in [0.2, 0.25) is 0 Å².